The van der Waals surface area contributed by atoms with E-state index in [4.69, 9.17) is 11.6 Å². The van der Waals surface area contributed by atoms with Crippen molar-refractivity contribution < 1.29 is 12.8 Å². The Labute approximate surface area is 150 Å². The quantitative estimate of drug-likeness (QED) is 0.697. The molecule has 2 aromatic carbocycles. The maximum atomic E-state index is 13.1. The summed E-state index contributed by atoms with van der Waals surface area (Å²) in [5.41, 5.74) is 3.51. The maximum absolute atomic E-state index is 13.1. The highest BCUT2D eigenvalue weighted by Crippen LogP contribution is 2.31. The zero-order chi connectivity index (χ0) is 17.6. The van der Waals surface area contributed by atoms with Crippen LogP contribution in [0.2, 0.25) is 5.02 Å². The van der Waals surface area contributed by atoms with E-state index in [1.165, 1.54) is 17.3 Å². The summed E-state index contributed by atoms with van der Waals surface area (Å²) in [6, 6.07) is 8.58. The Morgan fingerprint density at radius 2 is 1.88 bits per heavy atom. The number of hydrogen-bond donors (Lipinski definition) is 2. The summed E-state index contributed by atoms with van der Waals surface area (Å²) in [5, 5.41) is 0.964. The summed E-state index contributed by atoms with van der Waals surface area (Å²) >= 11 is 5.92. The van der Waals surface area contributed by atoms with Crippen molar-refractivity contribution in [2.24, 2.45) is 0 Å². The lowest BCUT2D eigenvalue weighted by Crippen LogP contribution is -2.13. The first-order chi connectivity index (χ1) is 11.9. The van der Waals surface area contributed by atoms with E-state index < -0.39 is 15.8 Å². The van der Waals surface area contributed by atoms with Gasteiger partial charge in [-0.1, -0.05) is 11.6 Å². The molecule has 1 aromatic heterocycles. The van der Waals surface area contributed by atoms with Gasteiger partial charge in [-0.25, -0.2) is 12.8 Å². The van der Waals surface area contributed by atoms with Crippen LogP contribution in [-0.2, 0) is 22.9 Å². The van der Waals surface area contributed by atoms with Crippen LogP contribution >= 0.6 is 11.6 Å². The highest BCUT2D eigenvalue weighted by atomic mass is 35.5. The first kappa shape index (κ1) is 16.4. The monoisotopic (exact) mass is 378 g/mol. The van der Waals surface area contributed by atoms with Crippen LogP contribution in [0.4, 0.5) is 10.1 Å². The van der Waals surface area contributed by atoms with Crippen LogP contribution in [0.1, 0.15) is 24.1 Å². The SMILES string of the molecule is O=S(=O)(Nc1ccc(F)cc1Cl)c1ccc2[nH]c3c(c2c1)CCCC3. The highest BCUT2D eigenvalue weighted by Gasteiger charge is 2.20. The fourth-order valence-electron chi connectivity index (χ4n) is 3.33. The molecule has 0 aliphatic heterocycles. The topological polar surface area (TPSA) is 62.0 Å². The number of aromatic amines is 1. The number of benzene rings is 2. The van der Waals surface area contributed by atoms with Gasteiger partial charge in [0.1, 0.15) is 5.82 Å². The van der Waals surface area contributed by atoms with E-state index in [1.807, 2.05) is 0 Å². The van der Waals surface area contributed by atoms with Crippen LogP contribution < -0.4 is 4.72 Å². The molecule has 0 saturated carbocycles. The molecule has 0 bridgehead atoms. The molecule has 0 radical (unpaired) electrons. The Bertz CT molecular complexity index is 1080. The van der Waals surface area contributed by atoms with E-state index in [0.29, 0.717) is 0 Å². The first-order valence-corrected chi connectivity index (χ1v) is 9.91. The molecule has 2 N–H and O–H groups in total. The van der Waals surface area contributed by atoms with E-state index in [-0.39, 0.29) is 15.6 Å². The minimum atomic E-state index is -3.82. The lowest BCUT2D eigenvalue weighted by molar-refractivity contribution is 0.601. The van der Waals surface area contributed by atoms with Crippen molar-refractivity contribution in [3.8, 4) is 0 Å². The van der Waals surface area contributed by atoms with E-state index >= 15 is 0 Å². The van der Waals surface area contributed by atoms with Crippen molar-refractivity contribution in [1.82, 2.24) is 4.98 Å². The van der Waals surface area contributed by atoms with Gasteiger partial charge in [-0.2, -0.15) is 0 Å². The Kier molecular flexibility index (Phi) is 3.96. The number of halogens is 2. The number of sulfonamides is 1. The van der Waals surface area contributed by atoms with Crippen molar-refractivity contribution in [1.29, 1.82) is 0 Å². The third-order valence-electron chi connectivity index (χ3n) is 4.56. The fraction of sp³-hybridized carbons (Fsp3) is 0.222. The summed E-state index contributed by atoms with van der Waals surface area (Å²) in [7, 11) is -3.82. The molecule has 0 unspecified atom stereocenters. The van der Waals surface area contributed by atoms with Crippen LogP contribution in [-0.4, -0.2) is 13.4 Å². The fourth-order valence-corrected chi connectivity index (χ4v) is 4.70. The number of hydrogen-bond acceptors (Lipinski definition) is 2. The molecule has 0 spiro atoms. The minimum Gasteiger partial charge on any atom is -0.358 e. The molecule has 1 aliphatic rings. The number of nitrogens with one attached hydrogen (secondary N) is 2. The second-order valence-corrected chi connectivity index (χ2v) is 8.32. The lowest BCUT2D eigenvalue weighted by Gasteiger charge is -2.11. The molecule has 4 nitrogen and oxygen atoms in total. The third-order valence-corrected chi connectivity index (χ3v) is 6.23. The molecule has 0 amide bonds. The average molecular weight is 379 g/mol. The molecule has 0 saturated heterocycles. The van der Waals surface area contributed by atoms with Gasteiger partial charge in [0.15, 0.2) is 0 Å². The van der Waals surface area contributed by atoms with Crippen LogP contribution in [0.15, 0.2) is 41.3 Å². The van der Waals surface area contributed by atoms with E-state index in [1.54, 1.807) is 18.2 Å². The Balaban J connectivity index is 1.74. The summed E-state index contributed by atoms with van der Waals surface area (Å²) in [6.07, 6.45) is 4.21. The lowest BCUT2D eigenvalue weighted by atomic mass is 9.96. The number of fused-ring (bicyclic) bond motifs is 3. The summed E-state index contributed by atoms with van der Waals surface area (Å²) < 4.78 is 41.0. The number of H-pyrrole nitrogens is 1. The Morgan fingerprint density at radius 1 is 1.08 bits per heavy atom. The van der Waals surface area contributed by atoms with E-state index in [2.05, 4.69) is 9.71 Å². The maximum Gasteiger partial charge on any atom is 0.261 e. The normalized spacial score (nSPS) is 14.5. The van der Waals surface area contributed by atoms with Crippen LogP contribution in [0.3, 0.4) is 0 Å². The van der Waals surface area contributed by atoms with Gasteiger partial charge >= 0.3 is 0 Å². The van der Waals surface area contributed by atoms with Gasteiger partial charge in [0.25, 0.3) is 10.0 Å². The van der Waals surface area contributed by atoms with Gasteiger partial charge in [0.2, 0.25) is 0 Å². The molecule has 1 heterocycles. The molecule has 25 heavy (non-hydrogen) atoms. The largest absolute Gasteiger partial charge is 0.358 e. The van der Waals surface area contributed by atoms with Gasteiger partial charge < -0.3 is 4.98 Å². The molecule has 7 heteroatoms. The Hall–Kier alpha value is -2.05. The third kappa shape index (κ3) is 3.00. The first-order valence-electron chi connectivity index (χ1n) is 8.05. The number of rotatable bonds is 3. The summed E-state index contributed by atoms with van der Waals surface area (Å²) in [5.74, 6) is -0.520. The molecule has 0 atom stereocenters. The molecular weight excluding hydrogens is 363 g/mol. The van der Waals surface area contributed by atoms with Gasteiger partial charge in [-0.15, -0.1) is 0 Å². The molecule has 4 rings (SSSR count). The van der Waals surface area contributed by atoms with Crippen LogP contribution in [0, 0.1) is 5.82 Å². The molecule has 3 aromatic rings. The molecule has 0 fully saturated rings. The van der Waals surface area contributed by atoms with Gasteiger partial charge in [0, 0.05) is 16.6 Å². The van der Waals surface area contributed by atoms with Gasteiger partial charge in [-0.3, -0.25) is 4.72 Å². The number of anilines is 1. The predicted octanol–water partition coefficient (Wildman–Crippen LogP) is 4.64. The van der Waals surface area contributed by atoms with Crippen molar-refractivity contribution in [3.05, 3.63) is 58.5 Å². The average Bonchev–Trinajstić information content (AvgIpc) is 2.95. The van der Waals surface area contributed by atoms with Crippen molar-refractivity contribution in [2.75, 3.05) is 4.72 Å². The zero-order valence-corrected chi connectivity index (χ0v) is 14.8. The second-order valence-electron chi connectivity index (χ2n) is 6.23. The standard InChI is InChI=1S/C18H16ClFN2O2S/c19-15-9-11(20)5-7-18(15)22-25(23,24)12-6-8-17-14(10-12)13-3-1-2-4-16(13)21-17/h5-10,21-22H,1-4H2. The second kappa shape index (κ2) is 6.04. The molecular formula is C18H16ClFN2O2S. The van der Waals surface area contributed by atoms with Gasteiger partial charge in [-0.05, 0) is 67.6 Å². The summed E-state index contributed by atoms with van der Waals surface area (Å²) in [4.78, 5) is 3.54. The Morgan fingerprint density at radius 3 is 2.68 bits per heavy atom. The smallest absolute Gasteiger partial charge is 0.261 e. The van der Waals surface area contributed by atoms with Crippen LogP contribution in [0.25, 0.3) is 10.9 Å². The van der Waals surface area contributed by atoms with Crippen LogP contribution in [0.5, 0.6) is 0 Å². The predicted molar refractivity (Wildman–Crippen MR) is 97.2 cm³/mol. The zero-order valence-electron chi connectivity index (χ0n) is 13.3. The van der Waals surface area contributed by atoms with Crippen molar-refractivity contribution in [2.45, 2.75) is 30.6 Å². The minimum absolute atomic E-state index is 0.0173. The highest BCUT2D eigenvalue weighted by molar-refractivity contribution is 7.92. The summed E-state index contributed by atoms with van der Waals surface area (Å²) in [6.45, 7) is 0. The van der Waals surface area contributed by atoms with E-state index in [9.17, 15) is 12.8 Å². The van der Waals surface area contributed by atoms with E-state index in [0.717, 1.165) is 48.7 Å². The van der Waals surface area contributed by atoms with Crippen molar-refractivity contribution in [3.63, 3.8) is 0 Å². The number of aryl methyl sites for hydroxylation is 2. The van der Waals surface area contributed by atoms with Gasteiger partial charge in [0.05, 0.1) is 15.6 Å². The van der Waals surface area contributed by atoms with Crippen molar-refractivity contribution >= 4 is 38.2 Å². The molecule has 130 valence electrons. The number of aromatic nitrogens is 1. The molecule has 1 aliphatic carbocycles.